The smallest absolute Gasteiger partial charge is 0.295 e. The van der Waals surface area contributed by atoms with Crippen LogP contribution in [0.5, 0.6) is 17.2 Å². The molecule has 0 bridgehead atoms. The number of aromatic hydroxyl groups is 1. The van der Waals surface area contributed by atoms with E-state index >= 15 is 0 Å². The number of phenolic OH excluding ortho intramolecular Hbond substituents is 1. The Hall–Kier alpha value is -4.30. The molecule has 3 aromatic carbocycles. The minimum Gasteiger partial charge on any atom is -0.872 e. The van der Waals surface area contributed by atoms with Crippen molar-refractivity contribution >= 4 is 17.4 Å². The summed E-state index contributed by atoms with van der Waals surface area (Å²) < 4.78 is 11.5. The molecule has 0 aliphatic carbocycles. The third-order valence-electron chi connectivity index (χ3n) is 7.44. The third kappa shape index (κ3) is 6.72. The summed E-state index contributed by atoms with van der Waals surface area (Å²) in [6.07, 6.45) is 0. The maximum atomic E-state index is 13.8. The number of hydrogen-bond acceptors (Lipinski definition) is 6. The number of benzene rings is 3. The predicted octanol–water partition coefficient (Wildman–Crippen LogP) is 2.83. The van der Waals surface area contributed by atoms with Gasteiger partial charge in [0, 0.05) is 5.57 Å². The number of likely N-dealkylation sites (N-methyl/N-ethyl adjacent to an activating group) is 1. The van der Waals surface area contributed by atoms with Gasteiger partial charge in [-0.1, -0.05) is 53.8 Å². The van der Waals surface area contributed by atoms with Crippen LogP contribution in [0.3, 0.4) is 0 Å². The van der Waals surface area contributed by atoms with Crippen molar-refractivity contribution in [3.05, 3.63) is 94.6 Å². The fourth-order valence-electron chi connectivity index (χ4n) is 5.13. The average molecular weight is 559 g/mol. The fraction of sp³-hybridized carbons (Fsp3) is 0.333. The number of hydrogen-bond donors (Lipinski definition) is 2. The molecule has 216 valence electrons. The normalized spacial score (nSPS) is 16.4. The van der Waals surface area contributed by atoms with Crippen molar-refractivity contribution in [2.24, 2.45) is 0 Å². The third-order valence-corrected chi connectivity index (χ3v) is 7.44. The zero-order valence-corrected chi connectivity index (χ0v) is 24.1. The highest BCUT2D eigenvalue weighted by Crippen LogP contribution is 2.41. The van der Waals surface area contributed by atoms with Gasteiger partial charge < -0.3 is 29.5 Å². The Morgan fingerprint density at radius 3 is 2.37 bits per heavy atom. The van der Waals surface area contributed by atoms with E-state index in [1.807, 2.05) is 31.2 Å². The van der Waals surface area contributed by atoms with Crippen LogP contribution in [0, 0.1) is 6.92 Å². The van der Waals surface area contributed by atoms with Crippen molar-refractivity contribution in [1.29, 1.82) is 0 Å². The van der Waals surface area contributed by atoms with Crippen LogP contribution in [0.4, 0.5) is 0 Å². The molecule has 0 spiro atoms. The monoisotopic (exact) mass is 558 g/mol. The van der Waals surface area contributed by atoms with Crippen molar-refractivity contribution < 1.29 is 34.2 Å². The number of ether oxygens (including phenoxy) is 2. The Balaban J connectivity index is 1.68. The van der Waals surface area contributed by atoms with Gasteiger partial charge in [-0.2, -0.15) is 0 Å². The lowest BCUT2D eigenvalue weighted by Crippen LogP contribution is -3.12. The summed E-state index contributed by atoms with van der Waals surface area (Å²) in [5, 5.41) is 24.1. The number of phenols is 1. The molecular weight excluding hydrogens is 520 g/mol. The van der Waals surface area contributed by atoms with E-state index in [4.69, 9.17) is 9.47 Å². The molecule has 1 saturated heterocycles. The zero-order chi connectivity index (χ0) is 29.5. The number of nitrogens with one attached hydrogen (secondary N) is 1. The number of rotatable bonds is 12. The van der Waals surface area contributed by atoms with Crippen LogP contribution in [0.1, 0.15) is 49.1 Å². The van der Waals surface area contributed by atoms with Gasteiger partial charge in [0.2, 0.25) is 5.78 Å². The van der Waals surface area contributed by atoms with Gasteiger partial charge in [-0.05, 0) is 68.7 Å². The quantitative estimate of drug-likeness (QED) is 0.201. The first-order valence-electron chi connectivity index (χ1n) is 14.1. The molecule has 0 radical (unpaired) electrons. The Labute approximate surface area is 241 Å². The molecule has 41 heavy (non-hydrogen) atoms. The molecule has 1 amide bonds. The number of nitrogens with zero attached hydrogens (tertiary/aromatic N) is 1. The van der Waals surface area contributed by atoms with E-state index in [-0.39, 0.29) is 22.6 Å². The summed E-state index contributed by atoms with van der Waals surface area (Å²) in [7, 11) is 0. The lowest BCUT2D eigenvalue weighted by atomic mass is 9.95. The van der Waals surface area contributed by atoms with Gasteiger partial charge in [0.1, 0.15) is 12.4 Å². The van der Waals surface area contributed by atoms with Crippen molar-refractivity contribution in [3.8, 4) is 17.2 Å². The topological polar surface area (TPSA) is 104 Å². The Kier molecular flexibility index (Phi) is 9.68. The maximum Gasteiger partial charge on any atom is 0.295 e. The van der Waals surface area contributed by atoms with Gasteiger partial charge in [0.15, 0.2) is 11.5 Å². The van der Waals surface area contributed by atoms with Crippen LogP contribution in [-0.2, 0) is 16.2 Å². The van der Waals surface area contributed by atoms with Crippen LogP contribution < -0.4 is 19.5 Å². The van der Waals surface area contributed by atoms with Gasteiger partial charge >= 0.3 is 0 Å². The molecule has 0 aromatic heterocycles. The largest absolute Gasteiger partial charge is 0.872 e. The molecule has 4 rings (SSSR count). The standard InChI is InChI=1S/C33H38N2O6/c1-5-34(6-2)17-18-35-30(25-13-16-27(36)28(20-25)40-7-3)29(32(38)33(35)39)31(37)24-11-14-26(15-12-24)41-21-23-10-8-9-22(4)19-23/h8-16,19-20,30,36-37H,5-7,17-18,21H2,1-4H3. The van der Waals surface area contributed by atoms with E-state index in [0.29, 0.717) is 37.6 Å². The van der Waals surface area contributed by atoms with Crippen LogP contribution in [0.25, 0.3) is 5.76 Å². The second-order valence-electron chi connectivity index (χ2n) is 10.1. The highest BCUT2D eigenvalue weighted by molar-refractivity contribution is 6.46. The van der Waals surface area contributed by atoms with Crippen molar-refractivity contribution in [1.82, 2.24) is 4.90 Å². The first-order chi connectivity index (χ1) is 19.8. The van der Waals surface area contributed by atoms with Gasteiger partial charge in [-0.3, -0.25) is 9.59 Å². The first kappa shape index (κ1) is 29.7. The second kappa shape index (κ2) is 13.4. The summed E-state index contributed by atoms with van der Waals surface area (Å²) in [4.78, 5) is 29.4. The van der Waals surface area contributed by atoms with Crippen molar-refractivity contribution in [3.63, 3.8) is 0 Å². The predicted molar refractivity (Wildman–Crippen MR) is 155 cm³/mol. The van der Waals surface area contributed by atoms with E-state index in [0.717, 1.165) is 24.2 Å². The molecule has 2 N–H and O–H groups in total. The molecule has 1 heterocycles. The Morgan fingerprint density at radius 1 is 0.976 bits per heavy atom. The number of carbonyl (C=O) groups excluding carboxylic acids is 2. The molecule has 0 saturated carbocycles. The van der Waals surface area contributed by atoms with E-state index in [9.17, 15) is 19.8 Å². The van der Waals surface area contributed by atoms with Crippen LogP contribution in [-0.4, -0.2) is 54.5 Å². The Bertz CT molecular complexity index is 1410. The molecule has 8 heteroatoms. The summed E-state index contributed by atoms with van der Waals surface area (Å²) in [6.45, 7) is 11.3. The fourth-order valence-corrected chi connectivity index (χ4v) is 5.13. The number of Topliss-reactive ketones (excluding diaryl/α,β-unsaturated/α-hetero) is 1. The van der Waals surface area contributed by atoms with E-state index in [1.54, 1.807) is 43.3 Å². The molecule has 1 fully saturated rings. The van der Waals surface area contributed by atoms with Crippen LogP contribution >= 0.6 is 0 Å². The number of aryl methyl sites for hydroxylation is 1. The number of carbonyl (C=O) groups is 2. The lowest BCUT2D eigenvalue weighted by molar-refractivity contribution is -0.895. The number of quaternary nitrogens is 1. The average Bonchev–Trinajstić information content (AvgIpc) is 3.23. The molecule has 3 aromatic rings. The summed E-state index contributed by atoms with van der Waals surface area (Å²) in [5.74, 6) is -1.26. The van der Waals surface area contributed by atoms with E-state index in [2.05, 4.69) is 13.8 Å². The molecule has 1 aliphatic rings. The Morgan fingerprint density at radius 2 is 1.71 bits per heavy atom. The van der Waals surface area contributed by atoms with Gasteiger partial charge in [-0.15, -0.1) is 0 Å². The van der Waals surface area contributed by atoms with Gasteiger partial charge in [0.05, 0.1) is 38.8 Å². The molecule has 1 aliphatic heterocycles. The van der Waals surface area contributed by atoms with E-state index < -0.39 is 23.5 Å². The van der Waals surface area contributed by atoms with Crippen molar-refractivity contribution in [2.45, 2.75) is 40.3 Å². The number of ketones is 1. The minimum atomic E-state index is -0.894. The SMILES string of the molecule is CCOc1cc(C2C(=C([O-])c3ccc(OCc4cccc(C)c4)cc3)C(=O)C(=O)N2CC[NH+](CC)CC)ccc1O. The summed E-state index contributed by atoms with van der Waals surface area (Å²) in [5.41, 5.74) is 2.89. The molecule has 1 unspecified atom stereocenters. The zero-order valence-electron chi connectivity index (χ0n) is 24.1. The minimum absolute atomic E-state index is 0.0560. The van der Waals surface area contributed by atoms with Crippen LogP contribution in [0.2, 0.25) is 0 Å². The van der Waals surface area contributed by atoms with Gasteiger partial charge in [0.25, 0.3) is 5.91 Å². The molecule has 1 atom stereocenters. The number of amides is 1. The van der Waals surface area contributed by atoms with Crippen LogP contribution in [0.15, 0.2) is 72.3 Å². The summed E-state index contributed by atoms with van der Waals surface area (Å²) >= 11 is 0. The van der Waals surface area contributed by atoms with Gasteiger partial charge in [-0.25, -0.2) is 0 Å². The highest BCUT2D eigenvalue weighted by atomic mass is 16.5. The molecule has 8 nitrogen and oxygen atoms in total. The second-order valence-corrected chi connectivity index (χ2v) is 10.1. The number of likely N-dealkylation sites (tertiary alicyclic amines) is 1. The van der Waals surface area contributed by atoms with E-state index in [1.165, 1.54) is 15.9 Å². The first-order valence-corrected chi connectivity index (χ1v) is 14.1. The summed E-state index contributed by atoms with van der Waals surface area (Å²) in [6, 6.07) is 18.4. The lowest BCUT2D eigenvalue weighted by Gasteiger charge is -2.29. The molecular formula is C33H38N2O6. The highest BCUT2D eigenvalue weighted by Gasteiger charge is 2.44. The van der Waals surface area contributed by atoms with Crippen molar-refractivity contribution in [2.75, 3.05) is 32.8 Å². The maximum absolute atomic E-state index is 13.8.